The lowest BCUT2D eigenvalue weighted by Gasteiger charge is -2.41. The second-order valence-electron chi connectivity index (χ2n) is 5.34. The van der Waals surface area contributed by atoms with E-state index >= 15 is 0 Å². The van der Waals surface area contributed by atoms with Gasteiger partial charge in [-0.15, -0.1) is 0 Å². The fourth-order valence-corrected chi connectivity index (χ4v) is 4.39. The summed E-state index contributed by atoms with van der Waals surface area (Å²) in [6.45, 7) is 4.09. The lowest BCUT2D eigenvalue weighted by atomic mass is 9.63. The molecule has 0 aromatic carbocycles. The highest BCUT2D eigenvalue weighted by molar-refractivity contribution is 9.11. The van der Waals surface area contributed by atoms with E-state index in [2.05, 4.69) is 27.8 Å². The van der Waals surface area contributed by atoms with Crippen molar-refractivity contribution >= 4 is 21.7 Å². The molecular weight excluding hydrogens is 252 g/mol. The van der Waals surface area contributed by atoms with Crippen molar-refractivity contribution in [2.45, 2.75) is 46.0 Å². The predicted molar refractivity (Wildman–Crippen MR) is 65.9 cm³/mol. The van der Waals surface area contributed by atoms with Crippen molar-refractivity contribution in [2.75, 3.05) is 0 Å². The largest absolute Gasteiger partial charge is 0.300 e. The first-order valence-corrected chi connectivity index (χ1v) is 6.80. The molecule has 0 amide bonds. The molecule has 0 aromatic rings. The molecular formula is C13H19BrO. The van der Waals surface area contributed by atoms with Gasteiger partial charge in [0.1, 0.15) is 5.78 Å². The van der Waals surface area contributed by atoms with E-state index in [0.717, 1.165) is 6.42 Å². The molecule has 2 heteroatoms. The number of Topliss-reactive ketones (excluding diaryl/α,β-unsaturated/α-hetero) is 1. The third-order valence-electron chi connectivity index (χ3n) is 4.60. The predicted octanol–water partition coefficient (Wildman–Crippen LogP) is 4.07. The summed E-state index contributed by atoms with van der Waals surface area (Å²) in [6, 6.07) is 0. The van der Waals surface area contributed by atoms with Gasteiger partial charge in [-0.25, -0.2) is 0 Å². The first-order valence-electron chi connectivity index (χ1n) is 5.89. The van der Waals surface area contributed by atoms with E-state index in [9.17, 15) is 4.79 Å². The molecule has 0 N–H and O–H groups in total. The zero-order valence-corrected chi connectivity index (χ0v) is 11.1. The van der Waals surface area contributed by atoms with Crippen molar-refractivity contribution in [3.63, 3.8) is 0 Å². The normalized spacial score (nSPS) is 43.0. The molecule has 1 nitrogen and oxygen atoms in total. The van der Waals surface area contributed by atoms with Crippen molar-refractivity contribution in [2.24, 2.45) is 17.3 Å². The van der Waals surface area contributed by atoms with E-state index in [4.69, 9.17) is 0 Å². The van der Waals surface area contributed by atoms with Crippen LogP contribution in [0.25, 0.3) is 0 Å². The SMILES string of the molecule is CC(=O)[C@H]1CC[C@H]2C(=CBr)CCC[C@]12C. The topological polar surface area (TPSA) is 17.1 Å². The van der Waals surface area contributed by atoms with Crippen LogP contribution in [0.5, 0.6) is 0 Å². The van der Waals surface area contributed by atoms with Crippen LogP contribution in [-0.2, 0) is 4.79 Å². The zero-order valence-electron chi connectivity index (χ0n) is 9.55. The van der Waals surface area contributed by atoms with E-state index in [0.29, 0.717) is 17.6 Å². The summed E-state index contributed by atoms with van der Waals surface area (Å²) in [5, 5.41) is 0. The molecule has 0 aliphatic heterocycles. The Labute approximate surface area is 100 Å². The van der Waals surface area contributed by atoms with Crippen LogP contribution >= 0.6 is 15.9 Å². The Morgan fingerprint density at radius 2 is 2.27 bits per heavy atom. The quantitative estimate of drug-likeness (QED) is 0.702. The van der Waals surface area contributed by atoms with Gasteiger partial charge in [0, 0.05) is 5.92 Å². The molecule has 2 saturated carbocycles. The van der Waals surface area contributed by atoms with Crippen LogP contribution in [0, 0.1) is 17.3 Å². The van der Waals surface area contributed by atoms with E-state index in [-0.39, 0.29) is 5.41 Å². The average molecular weight is 271 g/mol. The molecule has 2 fully saturated rings. The third-order valence-corrected chi connectivity index (χ3v) is 5.18. The summed E-state index contributed by atoms with van der Waals surface area (Å²) in [4.78, 5) is 13.8. The smallest absolute Gasteiger partial charge is 0.133 e. The monoisotopic (exact) mass is 270 g/mol. The van der Waals surface area contributed by atoms with Crippen LogP contribution in [0.15, 0.2) is 10.6 Å². The van der Waals surface area contributed by atoms with Crippen LogP contribution < -0.4 is 0 Å². The van der Waals surface area contributed by atoms with E-state index in [1.165, 1.54) is 31.3 Å². The Balaban J connectivity index is 2.31. The molecule has 2 aliphatic carbocycles. The highest BCUT2D eigenvalue weighted by Gasteiger charge is 2.50. The van der Waals surface area contributed by atoms with Gasteiger partial charge in [-0.05, 0) is 55.3 Å². The summed E-state index contributed by atoms with van der Waals surface area (Å²) in [7, 11) is 0. The lowest BCUT2D eigenvalue weighted by molar-refractivity contribution is -0.124. The van der Waals surface area contributed by atoms with Gasteiger partial charge in [0.15, 0.2) is 0 Å². The van der Waals surface area contributed by atoms with Crippen LogP contribution in [-0.4, -0.2) is 5.78 Å². The Bertz CT molecular complexity index is 308. The molecule has 0 heterocycles. The van der Waals surface area contributed by atoms with Crippen molar-refractivity contribution in [3.8, 4) is 0 Å². The van der Waals surface area contributed by atoms with Gasteiger partial charge in [-0.2, -0.15) is 0 Å². The van der Waals surface area contributed by atoms with Crippen LogP contribution in [0.2, 0.25) is 0 Å². The fraction of sp³-hybridized carbons (Fsp3) is 0.769. The van der Waals surface area contributed by atoms with Crippen molar-refractivity contribution in [1.82, 2.24) is 0 Å². The summed E-state index contributed by atoms with van der Waals surface area (Å²) in [6.07, 6.45) is 6.00. The minimum absolute atomic E-state index is 0.254. The second kappa shape index (κ2) is 4.04. The molecule has 0 aromatic heterocycles. The number of carbonyl (C=O) groups excluding carboxylic acids is 1. The summed E-state index contributed by atoms with van der Waals surface area (Å²) in [5.74, 6) is 1.36. The standard InChI is InChI=1S/C13H19BrO/c1-9(15)11-5-6-12-10(8-14)4-3-7-13(11,12)2/h8,11-12H,3-7H2,1-2H3/t11-,12+,13-/m1/s1. The highest BCUT2D eigenvalue weighted by atomic mass is 79.9. The molecule has 2 rings (SSSR count). The number of fused-ring (bicyclic) bond motifs is 1. The Morgan fingerprint density at radius 1 is 1.53 bits per heavy atom. The summed E-state index contributed by atoms with van der Waals surface area (Å²) in [5.41, 5.74) is 1.79. The summed E-state index contributed by atoms with van der Waals surface area (Å²) >= 11 is 3.48. The maximum absolute atomic E-state index is 11.7. The Kier molecular flexibility index (Phi) is 3.07. The van der Waals surface area contributed by atoms with Gasteiger partial charge in [-0.1, -0.05) is 28.4 Å². The maximum Gasteiger partial charge on any atom is 0.133 e. The third kappa shape index (κ3) is 1.71. The number of ketones is 1. The molecule has 0 radical (unpaired) electrons. The van der Waals surface area contributed by atoms with Crippen molar-refractivity contribution in [1.29, 1.82) is 0 Å². The van der Waals surface area contributed by atoms with Crippen molar-refractivity contribution < 1.29 is 4.79 Å². The van der Waals surface area contributed by atoms with Gasteiger partial charge >= 0.3 is 0 Å². The number of allylic oxidation sites excluding steroid dienone is 1. The molecule has 2 aliphatic rings. The minimum Gasteiger partial charge on any atom is -0.300 e. The molecule has 0 bridgehead atoms. The van der Waals surface area contributed by atoms with E-state index < -0.39 is 0 Å². The van der Waals surface area contributed by atoms with Gasteiger partial charge < -0.3 is 0 Å². The average Bonchev–Trinajstić information content (AvgIpc) is 2.54. The van der Waals surface area contributed by atoms with E-state index in [1.54, 1.807) is 6.92 Å². The molecule has 3 atom stereocenters. The first-order chi connectivity index (χ1) is 7.09. The van der Waals surface area contributed by atoms with Crippen LogP contribution in [0.3, 0.4) is 0 Å². The highest BCUT2D eigenvalue weighted by Crippen LogP contribution is 2.57. The van der Waals surface area contributed by atoms with E-state index in [1.807, 2.05) is 0 Å². The molecule has 15 heavy (non-hydrogen) atoms. The number of hydrogen-bond donors (Lipinski definition) is 0. The number of rotatable bonds is 1. The zero-order chi connectivity index (χ0) is 11.1. The Morgan fingerprint density at radius 3 is 2.87 bits per heavy atom. The fourth-order valence-electron chi connectivity index (χ4n) is 3.84. The van der Waals surface area contributed by atoms with Gasteiger partial charge in [0.2, 0.25) is 0 Å². The Hall–Kier alpha value is -0.110. The minimum atomic E-state index is 0.254. The second-order valence-corrected chi connectivity index (χ2v) is 5.79. The lowest BCUT2D eigenvalue weighted by Crippen LogP contribution is -2.35. The van der Waals surface area contributed by atoms with Gasteiger partial charge in [-0.3, -0.25) is 4.79 Å². The van der Waals surface area contributed by atoms with Crippen molar-refractivity contribution in [3.05, 3.63) is 10.6 Å². The summed E-state index contributed by atoms with van der Waals surface area (Å²) < 4.78 is 0. The number of carbonyl (C=O) groups is 1. The van der Waals surface area contributed by atoms with Gasteiger partial charge in [0.05, 0.1) is 0 Å². The molecule has 84 valence electrons. The van der Waals surface area contributed by atoms with Gasteiger partial charge in [0.25, 0.3) is 0 Å². The van der Waals surface area contributed by atoms with Crippen LogP contribution in [0.1, 0.15) is 46.0 Å². The molecule has 0 spiro atoms. The molecule has 0 unspecified atom stereocenters. The van der Waals surface area contributed by atoms with Crippen LogP contribution in [0.4, 0.5) is 0 Å². The maximum atomic E-state index is 11.7. The number of halogens is 1. The number of hydrogen-bond acceptors (Lipinski definition) is 1. The molecule has 0 saturated heterocycles. The first kappa shape index (κ1) is 11.4.